The van der Waals surface area contributed by atoms with Gasteiger partial charge in [0, 0.05) is 13.2 Å². The van der Waals surface area contributed by atoms with E-state index in [1.54, 1.807) is 0 Å². The van der Waals surface area contributed by atoms with E-state index in [2.05, 4.69) is 40.4 Å². The maximum atomic E-state index is 11.5. The second kappa shape index (κ2) is 8.62. The lowest BCUT2D eigenvalue weighted by molar-refractivity contribution is -0.00653. The van der Waals surface area contributed by atoms with Gasteiger partial charge in [-0.25, -0.2) is 13.1 Å². The van der Waals surface area contributed by atoms with E-state index in [0.717, 1.165) is 19.6 Å². The summed E-state index contributed by atoms with van der Waals surface area (Å²) in [6, 6.07) is 10.7. The highest BCUT2D eigenvalue weighted by molar-refractivity contribution is 7.88. The van der Waals surface area contributed by atoms with Crippen molar-refractivity contribution in [2.24, 2.45) is 5.92 Å². The van der Waals surface area contributed by atoms with Crippen molar-refractivity contribution in [1.29, 1.82) is 0 Å². The third-order valence-electron chi connectivity index (χ3n) is 5.46. The van der Waals surface area contributed by atoms with Gasteiger partial charge in [0.25, 0.3) is 0 Å². The normalized spacial score (nSPS) is 30.9. The van der Waals surface area contributed by atoms with Crippen LogP contribution in [-0.4, -0.2) is 46.5 Å². The molecular formula is C19H30N2O3S. The van der Waals surface area contributed by atoms with Crippen LogP contribution in [0.2, 0.25) is 0 Å². The number of ether oxygens (including phenoxy) is 1. The molecule has 5 nitrogen and oxygen atoms in total. The Morgan fingerprint density at radius 1 is 1.12 bits per heavy atom. The van der Waals surface area contributed by atoms with E-state index in [0.29, 0.717) is 18.4 Å². The minimum Gasteiger partial charge on any atom is -0.375 e. The molecule has 1 aliphatic carbocycles. The van der Waals surface area contributed by atoms with Gasteiger partial charge in [-0.1, -0.05) is 30.3 Å². The van der Waals surface area contributed by atoms with Gasteiger partial charge < -0.3 is 10.1 Å². The van der Waals surface area contributed by atoms with Crippen molar-refractivity contribution in [2.75, 3.05) is 26.0 Å². The number of rotatable bonds is 6. The van der Waals surface area contributed by atoms with Crippen LogP contribution in [0.1, 0.15) is 43.6 Å². The summed E-state index contributed by atoms with van der Waals surface area (Å²) in [6.07, 6.45) is 6.72. The third-order valence-corrected chi connectivity index (χ3v) is 6.19. The molecule has 140 valence electrons. The van der Waals surface area contributed by atoms with Crippen LogP contribution in [-0.2, 0) is 14.8 Å². The Labute approximate surface area is 151 Å². The molecule has 3 rings (SSSR count). The van der Waals surface area contributed by atoms with E-state index < -0.39 is 10.0 Å². The van der Waals surface area contributed by atoms with Crippen LogP contribution in [0.15, 0.2) is 30.3 Å². The molecule has 1 aromatic rings. The number of piperidine rings is 1. The van der Waals surface area contributed by atoms with Gasteiger partial charge in [0.1, 0.15) is 0 Å². The van der Waals surface area contributed by atoms with Gasteiger partial charge in [-0.05, 0) is 56.0 Å². The van der Waals surface area contributed by atoms with Gasteiger partial charge in [0.15, 0.2) is 0 Å². The largest absolute Gasteiger partial charge is 0.375 e. The van der Waals surface area contributed by atoms with Crippen LogP contribution in [0.25, 0.3) is 0 Å². The monoisotopic (exact) mass is 366 g/mol. The highest BCUT2D eigenvalue weighted by Crippen LogP contribution is 2.35. The summed E-state index contributed by atoms with van der Waals surface area (Å²) in [5, 5.41) is 3.31. The highest BCUT2D eigenvalue weighted by atomic mass is 32.2. The van der Waals surface area contributed by atoms with Gasteiger partial charge in [-0.2, -0.15) is 0 Å². The number of hydrogen-bond donors (Lipinski definition) is 2. The predicted octanol–water partition coefficient (Wildman–Crippen LogP) is 2.26. The van der Waals surface area contributed by atoms with Crippen molar-refractivity contribution >= 4 is 10.0 Å². The molecule has 2 atom stereocenters. The van der Waals surface area contributed by atoms with Crippen molar-refractivity contribution in [3.05, 3.63) is 35.9 Å². The first-order chi connectivity index (χ1) is 12.0. The number of hydrogen-bond acceptors (Lipinski definition) is 4. The maximum Gasteiger partial charge on any atom is 0.209 e. The summed E-state index contributed by atoms with van der Waals surface area (Å²) in [5.74, 6) is 1.26. The zero-order chi connectivity index (χ0) is 17.7. The van der Waals surface area contributed by atoms with Gasteiger partial charge >= 0.3 is 0 Å². The smallest absolute Gasteiger partial charge is 0.209 e. The second-order valence-electron chi connectivity index (χ2n) is 7.49. The van der Waals surface area contributed by atoms with Crippen molar-refractivity contribution < 1.29 is 13.2 Å². The van der Waals surface area contributed by atoms with Crippen LogP contribution < -0.4 is 10.0 Å². The molecule has 2 N–H and O–H groups in total. The van der Waals surface area contributed by atoms with E-state index in [4.69, 9.17) is 4.74 Å². The summed E-state index contributed by atoms with van der Waals surface area (Å²) < 4.78 is 31.9. The van der Waals surface area contributed by atoms with E-state index in [1.807, 2.05) is 0 Å². The molecule has 1 unspecified atom stereocenters. The first-order valence-electron chi connectivity index (χ1n) is 9.36. The molecule has 1 heterocycles. The Bertz CT molecular complexity index is 627. The van der Waals surface area contributed by atoms with Gasteiger partial charge in [-0.15, -0.1) is 0 Å². The van der Waals surface area contributed by atoms with Crippen molar-refractivity contribution in [1.82, 2.24) is 10.0 Å². The first kappa shape index (κ1) is 18.8. The number of nitrogens with one attached hydrogen (secondary N) is 2. The first-order valence-corrected chi connectivity index (χ1v) is 11.2. The molecule has 0 bridgehead atoms. The molecule has 1 aromatic carbocycles. The fraction of sp³-hybridized carbons (Fsp3) is 0.684. The summed E-state index contributed by atoms with van der Waals surface area (Å²) >= 11 is 0. The zero-order valence-electron chi connectivity index (χ0n) is 15.0. The quantitative estimate of drug-likeness (QED) is 0.810. The molecule has 0 radical (unpaired) electrons. The molecular weight excluding hydrogens is 336 g/mol. The average molecular weight is 367 g/mol. The van der Waals surface area contributed by atoms with E-state index in [1.165, 1.54) is 37.5 Å². The Balaban J connectivity index is 1.45. The third kappa shape index (κ3) is 5.78. The van der Waals surface area contributed by atoms with Crippen molar-refractivity contribution in [3.63, 3.8) is 0 Å². The van der Waals surface area contributed by atoms with Gasteiger partial charge in [-0.3, -0.25) is 0 Å². The SMILES string of the molecule is CS(=O)(=O)NC1CCNC[C@H]1OCC1CCC(c2ccccc2)CC1. The fourth-order valence-electron chi connectivity index (χ4n) is 4.06. The molecule has 0 amide bonds. The molecule has 1 saturated heterocycles. The Hall–Kier alpha value is -0.950. The Morgan fingerprint density at radius 2 is 1.84 bits per heavy atom. The minimum absolute atomic E-state index is 0.0738. The van der Waals surface area contributed by atoms with E-state index in [9.17, 15) is 8.42 Å². The topological polar surface area (TPSA) is 67.4 Å². The average Bonchev–Trinajstić information content (AvgIpc) is 2.61. The fourth-order valence-corrected chi connectivity index (χ4v) is 4.88. The lowest BCUT2D eigenvalue weighted by atomic mass is 9.79. The van der Waals surface area contributed by atoms with Crippen LogP contribution in [0.5, 0.6) is 0 Å². The molecule has 6 heteroatoms. The molecule has 1 aliphatic heterocycles. The summed E-state index contributed by atoms with van der Waals surface area (Å²) in [4.78, 5) is 0. The van der Waals surface area contributed by atoms with Crippen molar-refractivity contribution in [2.45, 2.75) is 50.2 Å². The molecule has 0 spiro atoms. The summed E-state index contributed by atoms with van der Waals surface area (Å²) in [5.41, 5.74) is 1.45. The predicted molar refractivity (Wildman–Crippen MR) is 100 cm³/mol. The number of sulfonamides is 1. The van der Waals surface area contributed by atoms with Crippen LogP contribution >= 0.6 is 0 Å². The minimum atomic E-state index is -3.20. The number of benzene rings is 1. The molecule has 2 aliphatic rings. The molecule has 1 saturated carbocycles. The lowest BCUT2D eigenvalue weighted by Gasteiger charge is -2.34. The van der Waals surface area contributed by atoms with E-state index in [-0.39, 0.29) is 12.1 Å². The summed E-state index contributed by atoms with van der Waals surface area (Å²) in [7, 11) is -3.20. The second-order valence-corrected chi connectivity index (χ2v) is 9.27. The molecule has 25 heavy (non-hydrogen) atoms. The lowest BCUT2D eigenvalue weighted by Crippen LogP contribution is -2.53. The highest BCUT2D eigenvalue weighted by Gasteiger charge is 2.29. The van der Waals surface area contributed by atoms with Crippen LogP contribution in [0.3, 0.4) is 0 Å². The van der Waals surface area contributed by atoms with Gasteiger partial charge in [0.05, 0.1) is 18.4 Å². The standard InChI is InChI=1S/C19H30N2O3S/c1-25(22,23)21-18-11-12-20-13-19(18)24-14-15-7-9-17(10-8-15)16-5-3-2-4-6-16/h2-6,15,17-21H,7-14H2,1H3/t15?,17?,18?,19-/m1/s1. The molecule has 0 aromatic heterocycles. The maximum absolute atomic E-state index is 11.5. The van der Waals surface area contributed by atoms with E-state index >= 15 is 0 Å². The van der Waals surface area contributed by atoms with Crippen LogP contribution in [0, 0.1) is 5.92 Å². The summed E-state index contributed by atoms with van der Waals surface area (Å²) in [6.45, 7) is 2.28. The Morgan fingerprint density at radius 3 is 2.52 bits per heavy atom. The Kier molecular flexibility index (Phi) is 6.49. The molecule has 2 fully saturated rings. The van der Waals surface area contributed by atoms with Crippen molar-refractivity contribution in [3.8, 4) is 0 Å². The van der Waals surface area contributed by atoms with Gasteiger partial charge in [0.2, 0.25) is 10.0 Å². The zero-order valence-corrected chi connectivity index (χ0v) is 15.8. The van der Waals surface area contributed by atoms with Crippen LogP contribution in [0.4, 0.5) is 0 Å².